The van der Waals surface area contributed by atoms with Crippen LogP contribution in [-0.4, -0.2) is 42.4 Å². The standard InChI is InChI=1S/C27H28O6/c28-26-25(30-17-20-12-6-2-7-13-20)24(29-16-19-10-4-1-5-11-19)23-22(32-26)18-31-27(33-23)21-14-8-3-9-15-21/h1-15,22-28H,16-18H2/t22-,23-,24+,25-,26-,27?/m1/s1. The molecule has 3 aromatic carbocycles. The summed E-state index contributed by atoms with van der Waals surface area (Å²) in [6.45, 7) is 0.984. The molecule has 0 amide bonds. The van der Waals surface area contributed by atoms with Gasteiger partial charge in [0.25, 0.3) is 0 Å². The highest BCUT2D eigenvalue weighted by atomic mass is 16.7. The maximum atomic E-state index is 10.8. The number of aliphatic hydroxyl groups excluding tert-OH is 1. The molecule has 1 N–H and O–H groups in total. The Balaban J connectivity index is 1.36. The van der Waals surface area contributed by atoms with E-state index in [1.54, 1.807) is 0 Å². The number of aliphatic hydroxyl groups is 1. The van der Waals surface area contributed by atoms with E-state index in [-0.39, 0.29) is 6.61 Å². The number of ether oxygens (including phenoxy) is 5. The van der Waals surface area contributed by atoms with Gasteiger partial charge in [0, 0.05) is 5.56 Å². The van der Waals surface area contributed by atoms with Gasteiger partial charge in [-0.15, -0.1) is 0 Å². The Kier molecular flexibility index (Phi) is 7.12. The first-order valence-corrected chi connectivity index (χ1v) is 11.2. The van der Waals surface area contributed by atoms with Gasteiger partial charge in [0.1, 0.15) is 24.4 Å². The number of fused-ring (bicyclic) bond motifs is 1. The van der Waals surface area contributed by atoms with Gasteiger partial charge in [-0.2, -0.15) is 0 Å². The first-order chi connectivity index (χ1) is 16.3. The van der Waals surface area contributed by atoms with Gasteiger partial charge in [-0.3, -0.25) is 0 Å². The Morgan fingerprint density at radius 2 is 1.24 bits per heavy atom. The molecule has 2 heterocycles. The Morgan fingerprint density at radius 1 is 0.697 bits per heavy atom. The molecule has 6 heteroatoms. The molecule has 0 bridgehead atoms. The summed E-state index contributed by atoms with van der Waals surface area (Å²) < 4.78 is 30.6. The third kappa shape index (κ3) is 5.33. The molecular formula is C27H28O6. The summed E-state index contributed by atoms with van der Waals surface area (Å²) in [6.07, 6.45) is -3.88. The van der Waals surface area contributed by atoms with Crippen LogP contribution in [-0.2, 0) is 36.9 Å². The van der Waals surface area contributed by atoms with E-state index in [1.807, 2.05) is 91.0 Å². The van der Waals surface area contributed by atoms with Crippen molar-refractivity contribution in [2.75, 3.05) is 6.61 Å². The summed E-state index contributed by atoms with van der Waals surface area (Å²) in [5.74, 6) is 0. The lowest BCUT2D eigenvalue weighted by Crippen LogP contribution is -2.63. The topological polar surface area (TPSA) is 66.4 Å². The smallest absolute Gasteiger partial charge is 0.184 e. The van der Waals surface area contributed by atoms with Crippen molar-refractivity contribution < 1.29 is 28.8 Å². The predicted molar refractivity (Wildman–Crippen MR) is 121 cm³/mol. The summed E-state index contributed by atoms with van der Waals surface area (Å²) in [5, 5.41) is 10.8. The van der Waals surface area contributed by atoms with Crippen LogP contribution in [0.2, 0.25) is 0 Å². The Labute approximate surface area is 193 Å². The fourth-order valence-electron chi connectivity index (χ4n) is 4.24. The minimum atomic E-state index is -1.16. The lowest BCUT2D eigenvalue weighted by molar-refractivity contribution is -0.366. The number of rotatable bonds is 7. The largest absolute Gasteiger partial charge is 0.368 e. The number of hydrogen-bond donors (Lipinski definition) is 1. The second-order valence-corrected chi connectivity index (χ2v) is 8.26. The quantitative estimate of drug-likeness (QED) is 0.590. The van der Waals surface area contributed by atoms with Crippen LogP contribution < -0.4 is 0 Å². The first-order valence-electron chi connectivity index (χ1n) is 11.2. The first kappa shape index (κ1) is 22.2. The van der Waals surface area contributed by atoms with Crippen LogP contribution >= 0.6 is 0 Å². The molecule has 2 aliphatic heterocycles. The van der Waals surface area contributed by atoms with Gasteiger partial charge >= 0.3 is 0 Å². The average molecular weight is 449 g/mol. The van der Waals surface area contributed by atoms with Crippen LogP contribution in [0.1, 0.15) is 23.0 Å². The minimum Gasteiger partial charge on any atom is -0.368 e. The molecule has 0 radical (unpaired) electrons. The molecule has 0 spiro atoms. The zero-order valence-corrected chi connectivity index (χ0v) is 18.2. The fraction of sp³-hybridized carbons (Fsp3) is 0.333. The summed E-state index contributed by atoms with van der Waals surface area (Å²) in [5.41, 5.74) is 2.96. The highest BCUT2D eigenvalue weighted by Gasteiger charge is 2.51. The highest BCUT2D eigenvalue weighted by molar-refractivity contribution is 5.17. The van der Waals surface area contributed by atoms with E-state index in [4.69, 9.17) is 23.7 Å². The molecule has 172 valence electrons. The molecule has 2 fully saturated rings. The number of hydrogen-bond acceptors (Lipinski definition) is 6. The molecule has 6 nitrogen and oxygen atoms in total. The van der Waals surface area contributed by atoms with Crippen molar-refractivity contribution >= 4 is 0 Å². The molecule has 2 aliphatic rings. The summed E-state index contributed by atoms with van der Waals surface area (Å²) >= 11 is 0. The molecule has 2 saturated heterocycles. The average Bonchev–Trinajstić information content (AvgIpc) is 2.88. The molecule has 6 atom stereocenters. The van der Waals surface area contributed by atoms with Crippen LogP contribution in [0, 0.1) is 0 Å². The second-order valence-electron chi connectivity index (χ2n) is 8.26. The third-order valence-corrected chi connectivity index (χ3v) is 5.94. The van der Waals surface area contributed by atoms with Gasteiger partial charge in [-0.05, 0) is 11.1 Å². The highest BCUT2D eigenvalue weighted by Crippen LogP contribution is 2.36. The zero-order chi connectivity index (χ0) is 22.5. The molecule has 0 saturated carbocycles. The van der Waals surface area contributed by atoms with Gasteiger partial charge in [0.15, 0.2) is 12.6 Å². The Bertz CT molecular complexity index is 983. The lowest BCUT2D eigenvalue weighted by Gasteiger charge is -2.47. The Morgan fingerprint density at radius 3 is 1.85 bits per heavy atom. The molecule has 5 rings (SSSR count). The van der Waals surface area contributed by atoms with E-state index in [9.17, 15) is 5.11 Å². The van der Waals surface area contributed by atoms with Gasteiger partial charge in [0.05, 0.1) is 19.8 Å². The van der Waals surface area contributed by atoms with E-state index in [1.165, 1.54) is 0 Å². The van der Waals surface area contributed by atoms with Gasteiger partial charge in [0.2, 0.25) is 0 Å². The fourth-order valence-corrected chi connectivity index (χ4v) is 4.24. The van der Waals surface area contributed by atoms with Crippen LogP contribution in [0.4, 0.5) is 0 Å². The SMILES string of the molecule is O[C@@H]1O[C@@H]2COC(c3ccccc3)O[C@H]2[C@H](OCc2ccccc2)[C@H]1OCc1ccccc1. The second kappa shape index (κ2) is 10.6. The molecule has 3 aromatic rings. The van der Waals surface area contributed by atoms with Crippen molar-refractivity contribution in [2.45, 2.75) is 50.2 Å². The maximum absolute atomic E-state index is 10.8. The normalized spacial score (nSPS) is 29.4. The van der Waals surface area contributed by atoms with Crippen molar-refractivity contribution in [1.29, 1.82) is 0 Å². The van der Waals surface area contributed by atoms with Crippen LogP contribution in [0.3, 0.4) is 0 Å². The van der Waals surface area contributed by atoms with Crippen LogP contribution in [0.5, 0.6) is 0 Å². The van der Waals surface area contributed by atoms with E-state index >= 15 is 0 Å². The predicted octanol–water partition coefficient (Wildman–Crippen LogP) is 3.99. The maximum Gasteiger partial charge on any atom is 0.184 e. The molecule has 33 heavy (non-hydrogen) atoms. The molecule has 0 aliphatic carbocycles. The van der Waals surface area contributed by atoms with Gasteiger partial charge in [-0.25, -0.2) is 0 Å². The van der Waals surface area contributed by atoms with E-state index < -0.39 is 37.0 Å². The molecule has 1 unspecified atom stereocenters. The van der Waals surface area contributed by atoms with Crippen molar-refractivity contribution in [3.8, 4) is 0 Å². The van der Waals surface area contributed by atoms with Crippen LogP contribution in [0.25, 0.3) is 0 Å². The van der Waals surface area contributed by atoms with Crippen LogP contribution in [0.15, 0.2) is 91.0 Å². The number of benzene rings is 3. The summed E-state index contributed by atoms with van der Waals surface area (Å²) in [6, 6.07) is 29.5. The van der Waals surface area contributed by atoms with Crippen molar-refractivity contribution in [1.82, 2.24) is 0 Å². The van der Waals surface area contributed by atoms with Crippen molar-refractivity contribution in [2.24, 2.45) is 0 Å². The lowest BCUT2D eigenvalue weighted by atomic mass is 9.97. The monoisotopic (exact) mass is 448 g/mol. The zero-order valence-electron chi connectivity index (χ0n) is 18.2. The Hall–Kier alpha value is -2.58. The molecular weight excluding hydrogens is 420 g/mol. The molecule has 0 aromatic heterocycles. The van der Waals surface area contributed by atoms with E-state index in [0.717, 1.165) is 16.7 Å². The van der Waals surface area contributed by atoms with Crippen molar-refractivity contribution in [3.05, 3.63) is 108 Å². The van der Waals surface area contributed by atoms with Gasteiger partial charge < -0.3 is 28.8 Å². The van der Waals surface area contributed by atoms with E-state index in [2.05, 4.69) is 0 Å². The third-order valence-electron chi connectivity index (χ3n) is 5.94. The summed E-state index contributed by atoms with van der Waals surface area (Å²) in [4.78, 5) is 0. The van der Waals surface area contributed by atoms with Crippen molar-refractivity contribution in [3.63, 3.8) is 0 Å². The minimum absolute atomic E-state index is 0.290. The van der Waals surface area contributed by atoms with Gasteiger partial charge in [-0.1, -0.05) is 91.0 Å². The van der Waals surface area contributed by atoms with E-state index in [0.29, 0.717) is 13.2 Å². The summed E-state index contributed by atoms with van der Waals surface area (Å²) in [7, 11) is 0.